The Balaban J connectivity index is 1.94. The first-order chi connectivity index (χ1) is 11.5. The maximum absolute atomic E-state index is 9.81. The van der Waals surface area contributed by atoms with Gasteiger partial charge in [-0.25, -0.2) is 4.98 Å². The molecule has 0 saturated heterocycles. The smallest absolute Gasteiger partial charge is 0.148 e. The second kappa shape index (κ2) is 6.83. The molecule has 0 fully saturated rings. The molecule has 0 aliphatic rings. The lowest BCUT2D eigenvalue weighted by molar-refractivity contribution is 0.171. The van der Waals surface area contributed by atoms with E-state index in [0.717, 1.165) is 28.2 Å². The van der Waals surface area contributed by atoms with Crippen LogP contribution in [0.5, 0.6) is 5.75 Å². The summed E-state index contributed by atoms with van der Waals surface area (Å²) in [5.41, 5.74) is 4.07. The molecule has 0 aliphatic heterocycles. The van der Waals surface area contributed by atoms with Crippen LogP contribution in [0, 0.1) is 13.8 Å². The van der Waals surface area contributed by atoms with Crippen LogP contribution in [0.2, 0.25) is 5.02 Å². The average molecular weight is 345 g/mol. The third-order valence-corrected chi connectivity index (χ3v) is 4.38. The van der Waals surface area contributed by atoms with Crippen LogP contribution in [0.1, 0.15) is 23.9 Å². The third kappa shape index (κ3) is 3.40. The summed E-state index contributed by atoms with van der Waals surface area (Å²) in [4.78, 5) is 4.64. The molecule has 126 valence electrons. The topological polar surface area (TPSA) is 47.3 Å². The molecule has 5 heteroatoms. The standard InChI is InChI=1S/C19H21ClN2O2/c1-12-5-4-6-18(14(12)3)24-11-19-21-16-9-15(20)7-8-17(16)22(19)10-13(2)23/h4-9,13,23H,10-11H2,1-3H3. The van der Waals surface area contributed by atoms with Gasteiger partial charge in [-0.05, 0) is 56.2 Å². The van der Waals surface area contributed by atoms with E-state index in [4.69, 9.17) is 16.3 Å². The van der Waals surface area contributed by atoms with Gasteiger partial charge in [0.2, 0.25) is 0 Å². The van der Waals surface area contributed by atoms with E-state index < -0.39 is 6.10 Å². The van der Waals surface area contributed by atoms with Crippen LogP contribution < -0.4 is 4.74 Å². The van der Waals surface area contributed by atoms with E-state index in [1.54, 1.807) is 6.92 Å². The minimum atomic E-state index is -0.475. The molecule has 2 aromatic carbocycles. The van der Waals surface area contributed by atoms with Crippen molar-refractivity contribution in [2.24, 2.45) is 0 Å². The fourth-order valence-electron chi connectivity index (χ4n) is 2.75. The zero-order valence-corrected chi connectivity index (χ0v) is 14.8. The van der Waals surface area contributed by atoms with E-state index in [1.165, 1.54) is 5.56 Å². The van der Waals surface area contributed by atoms with E-state index in [9.17, 15) is 5.11 Å². The fourth-order valence-corrected chi connectivity index (χ4v) is 2.92. The van der Waals surface area contributed by atoms with Crippen molar-refractivity contribution in [3.05, 3.63) is 58.4 Å². The molecule has 1 N–H and O–H groups in total. The van der Waals surface area contributed by atoms with E-state index >= 15 is 0 Å². The van der Waals surface area contributed by atoms with Gasteiger partial charge in [0.15, 0.2) is 0 Å². The van der Waals surface area contributed by atoms with Crippen LogP contribution in [-0.2, 0) is 13.2 Å². The Kier molecular flexibility index (Phi) is 4.78. The maximum Gasteiger partial charge on any atom is 0.148 e. The largest absolute Gasteiger partial charge is 0.485 e. The van der Waals surface area contributed by atoms with Crippen LogP contribution in [0.15, 0.2) is 36.4 Å². The van der Waals surface area contributed by atoms with Crippen molar-refractivity contribution in [2.45, 2.75) is 40.0 Å². The van der Waals surface area contributed by atoms with E-state index in [1.807, 2.05) is 41.8 Å². The molecule has 0 saturated carbocycles. The number of ether oxygens (including phenoxy) is 1. The molecule has 1 atom stereocenters. The monoisotopic (exact) mass is 344 g/mol. The van der Waals surface area contributed by atoms with Crippen LogP contribution in [0.4, 0.5) is 0 Å². The van der Waals surface area contributed by atoms with Crippen molar-refractivity contribution in [1.29, 1.82) is 0 Å². The Hall–Kier alpha value is -2.04. The van der Waals surface area contributed by atoms with Crippen molar-refractivity contribution >= 4 is 22.6 Å². The number of imidazole rings is 1. The highest BCUT2D eigenvalue weighted by Gasteiger charge is 2.14. The summed E-state index contributed by atoms with van der Waals surface area (Å²) in [7, 11) is 0. The number of hydrogen-bond donors (Lipinski definition) is 1. The lowest BCUT2D eigenvalue weighted by Gasteiger charge is -2.13. The Morgan fingerprint density at radius 3 is 2.79 bits per heavy atom. The molecule has 0 spiro atoms. The first-order valence-corrected chi connectivity index (χ1v) is 8.35. The number of aromatic nitrogens is 2. The van der Waals surface area contributed by atoms with Crippen LogP contribution in [-0.4, -0.2) is 20.8 Å². The minimum absolute atomic E-state index is 0.337. The van der Waals surface area contributed by atoms with Gasteiger partial charge >= 0.3 is 0 Å². The number of fused-ring (bicyclic) bond motifs is 1. The summed E-state index contributed by atoms with van der Waals surface area (Å²) in [5.74, 6) is 1.62. The second-order valence-electron chi connectivity index (χ2n) is 6.11. The summed E-state index contributed by atoms with van der Waals surface area (Å²) >= 11 is 6.07. The average Bonchev–Trinajstić information content (AvgIpc) is 2.85. The Morgan fingerprint density at radius 1 is 1.25 bits per heavy atom. The molecule has 0 radical (unpaired) electrons. The number of nitrogens with zero attached hydrogens (tertiary/aromatic N) is 2. The van der Waals surface area contributed by atoms with Gasteiger partial charge in [0.05, 0.1) is 23.7 Å². The van der Waals surface area contributed by atoms with Crippen LogP contribution in [0.3, 0.4) is 0 Å². The Morgan fingerprint density at radius 2 is 2.04 bits per heavy atom. The molecular weight excluding hydrogens is 324 g/mol. The SMILES string of the molecule is Cc1cccc(OCc2nc3cc(Cl)ccc3n2CC(C)O)c1C. The molecule has 0 aliphatic carbocycles. The molecule has 1 aromatic heterocycles. The van der Waals surface area contributed by atoms with Crippen molar-refractivity contribution in [1.82, 2.24) is 9.55 Å². The number of rotatable bonds is 5. The lowest BCUT2D eigenvalue weighted by Crippen LogP contribution is -2.15. The maximum atomic E-state index is 9.81. The molecule has 0 amide bonds. The number of aliphatic hydroxyl groups is 1. The van der Waals surface area contributed by atoms with Crippen molar-refractivity contribution in [3.63, 3.8) is 0 Å². The van der Waals surface area contributed by atoms with Gasteiger partial charge in [-0.1, -0.05) is 23.7 Å². The summed E-state index contributed by atoms with van der Waals surface area (Å²) in [6.07, 6.45) is -0.475. The van der Waals surface area contributed by atoms with Gasteiger partial charge in [0.25, 0.3) is 0 Å². The number of aryl methyl sites for hydroxylation is 1. The Bertz CT molecular complexity index is 871. The molecular formula is C19H21ClN2O2. The first-order valence-electron chi connectivity index (χ1n) is 7.97. The molecule has 1 heterocycles. The highest BCUT2D eigenvalue weighted by atomic mass is 35.5. The van der Waals surface area contributed by atoms with E-state index in [-0.39, 0.29) is 0 Å². The van der Waals surface area contributed by atoms with Crippen LogP contribution >= 0.6 is 11.6 Å². The zero-order valence-electron chi connectivity index (χ0n) is 14.1. The van der Waals surface area contributed by atoms with Crippen molar-refractivity contribution in [2.75, 3.05) is 0 Å². The van der Waals surface area contributed by atoms with Gasteiger partial charge in [-0.2, -0.15) is 0 Å². The highest BCUT2D eigenvalue weighted by Crippen LogP contribution is 2.24. The van der Waals surface area contributed by atoms with Gasteiger partial charge in [0.1, 0.15) is 18.2 Å². The number of hydrogen-bond acceptors (Lipinski definition) is 3. The number of benzene rings is 2. The quantitative estimate of drug-likeness (QED) is 0.752. The molecule has 24 heavy (non-hydrogen) atoms. The van der Waals surface area contributed by atoms with E-state index in [2.05, 4.69) is 18.0 Å². The van der Waals surface area contributed by atoms with Gasteiger partial charge in [0, 0.05) is 5.02 Å². The summed E-state index contributed by atoms with van der Waals surface area (Å²) in [6.45, 7) is 6.67. The first kappa shape index (κ1) is 16.8. The minimum Gasteiger partial charge on any atom is -0.485 e. The molecule has 4 nitrogen and oxygen atoms in total. The van der Waals surface area contributed by atoms with Crippen LogP contribution in [0.25, 0.3) is 11.0 Å². The van der Waals surface area contributed by atoms with Crippen molar-refractivity contribution < 1.29 is 9.84 Å². The third-order valence-electron chi connectivity index (χ3n) is 4.15. The normalized spacial score (nSPS) is 12.5. The summed E-state index contributed by atoms with van der Waals surface area (Å²) < 4.78 is 7.98. The number of aliphatic hydroxyl groups excluding tert-OH is 1. The molecule has 3 aromatic rings. The van der Waals surface area contributed by atoms with Crippen molar-refractivity contribution in [3.8, 4) is 5.75 Å². The second-order valence-corrected chi connectivity index (χ2v) is 6.54. The predicted octanol–water partition coefficient (Wildman–Crippen LogP) is 4.27. The highest BCUT2D eigenvalue weighted by molar-refractivity contribution is 6.31. The van der Waals surface area contributed by atoms with Gasteiger partial charge in [-0.3, -0.25) is 0 Å². The fraction of sp³-hybridized carbons (Fsp3) is 0.316. The van der Waals surface area contributed by atoms with E-state index in [0.29, 0.717) is 18.2 Å². The molecule has 1 unspecified atom stereocenters. The summed E-state index contributed by atoms with van der Waals surface area (Å²) in [5, 5.41) is 10.5. The molecule has 3 rings (SSSR count). The molecule has 0 bridgehead atoms. The predicted molar refractivity (Wildman–Crippen MR) is 96.7 cm³/mol. The van der Waals surface area contributed by atoms with Gasteiger partial charge in [-0.15, -0.1) is 0 Å². The lowest BCUT2D eigenvalue weighted by atomic mass is 10.1. The zero-order chi connectivity index (χ0) is 17.3. The van der Waals surface area contributed by atoms with Gasteiger partial charge < -0.3 is 14.4 Å². The Labute approximate surface area is 146 Å². The number of halogens is 1. The summed E-state index contributed by atoms with van der Waals surface area (Å²) in [6, 6.07) is 11.6.